The Morgan fingerprint density at radius 2 is 1.96 bits per heavy atom. The molecular weight excluding hydrogens is 302 g/mol. The number of nitrogens with one attached hydrogen (secondary N) is 3. The summed E-state index contributed by atoms with van der Waals surface area (Å²) in [5, 5.41) is 5.04. The minimum Gasteiger partial charge on any atom is -0.497 e. The van der Waals surface area contributed by atoms with Crippen LogP contribution in [0, 0.1) is 0 Å². The number of anilines is 1. The standard InChI is InChI=1S/C19H17N3O2/c1-24-15-3-5-18-16(10-15)13(11-21-18)9-19(23)22-14-2-4-17-12(8-14)6-7-20-17/h2-8,10-11,20-21H,9H2,1H3,(H,22,23). The van der Waals surface area contributed by atoms with Gasteiger partial charge in [-0.1, -0.05) is 0 Å². The molecule has 4 rings (SSSR count). The third kappa shape index (κ3) is 2.60. The average molecular weight is 319 g/mol. The number of methoxy groups -OCH3 is 1. The Balaban J connectivity index is 1.55. The third-order valence-electron chi connectivity index (χ3n) is 4.16. The zero-order valence-corrected chi connectivity index (χ0v) is 13.2. The highest BCUT2D eigenvalue weighted by Gasteiger charge is 2.10. The summed E-state index contributed by atoms with van der Waals surface area (Å²) in [7, 11) is 1.64. The number of ether oxygens (including phenoxy) is 1. The lowest BCUT2D eigenvalue weighted by atomic mass is 10.1. The molecule has 0 radical (unpaired) electrons. The molecule has 120 valence electrons. The second-order valence-electron chi connectivity index (χ2n) is 5.73. The second kappa shape index (κ2) is 5.77. The van der Waals surface area contributed by atoms with Crippen molar-refractivity contribution in [1.29, 1.82) is 0 Å². The Morgan fingerprint density at radius 1 is 1.08 bits per heavy atom. The number of amides is 1. The number of carbonyl (C=O) groups excluding carboxylic acids is 1. The van der Waals surface area contributed by atoms with Crippen LogP contribution in [0.4, 0.5) is 5.69 Å². The van der Waals surface area contributed by atoms with E-state index < -0.39 is 0 Å². The highest BCUT2D eigenvalue weighted by Crippen LogP contribution is 2.24. The first-order valence-corrected chi connectivity index (χ1v) is 7.74. The number of hydrogen-bond donors (Lipinski definition) is 3. The lowest BCUT2D eigenvalue weighted by Gasteiger charge is -2.06. The lowest BCUT2D eigenvalue weighted by molar-refractivity contribution is -0.115. The summed E-state index contributed by atoms with van der Waals surface area (Å²) in [5.41, 5.74) is 3.79. The van der Waals surface area contributed by atoms with Gasteiger partial charge in [-0.2, -0.15) is 0 Å². The van der Waals surface area contributed by atoms with Crippen LogP contribution in [0.3, 0.4) is 0 Å². The molecule has 2 aromatic carbocycles. The number of rotatable bonds is 4. The predicted molar refractivity (Wildman–Crippen MR) is 95.5 cm³/mol. The molecule has 0 aliphatic carbocycles. The van der Waals surface area contributed by atoms with Crippen LogP contribution in [0.15, 0.2) is 54.9 Å². The normalized spacial score (nSPS) is 11.0. The summed E-state index contributed by atoms with van der Waals surface area (Å²) in [6, 6.07) is 13.6. The van der Waals surface area contributed by atoms with Gasteiger partial charge in [-0.3, -0.25) is 4.79 Å². The molecule has 1 amide bonds. The SMILES string of the molecule is COc1ccc2[nH]cc(CC(=O)Nc3ccc4[nH]ccc4c3)c2c1. The molecule has 0 bridgehead atoms. The van der Waals surface area contributed by atoms with E-state index in [0.717, 1.165) is 38.8 Å². The molecule has 5 nitrogen and oxygen atoms in total. The molecule has 0 saturated carbocycles. The maximum Gasteiger partial charge on any atom is 0.228 e. The van der Waals surface area contributed by atoms with E-state index in [1.165, 1.54) is 0 Å². The molecule has 4 aromatic rings. The van der Waals surface area contributed by atoms with Crippen molar-refractivity contribution in [2.24, 2.45) is 0 Å². The number of hydrogen-bond acceptors (Lipinski definition) is 2. The molecule has 3 N–H and O–H groups in total. The van der Waals surface area contributed by atoms with E-state index >= 15 is 0 Å². The summed E-state index contributed by atoms with van der Waals surface area (Å²) >= 11 is 0. The van der Waals surface area contributed by atoms with Gasteiger partial charge in [-0.15, -0.1) is 0 Å². The molecule has 2 aromatic heterocycles. The molecule has 0 atom stereocenters. The summed E-state index contributed by atoms with van der Waals surface area (Å²) in [6.07, 6.45) is 4.06. The van der Waals surface area contributed by atoms with Crippen molar-refractivity contribution >= 4 is 33.4 Å². The van der Waals surface area contributed by atoms with Crippen molar-refractivity contribution < 1.29 is 9.53 Å². The Labute approximate surface area is 138 Å². The lowest BCUT2D eigenvalue weighted by Crippen LogP contribution is -2.14. The average Bonchev–Trinajstić information content (AvgIpc) is 3.21. The molecular formula is C19H17N3O2. The maximum atomic E-state index is 12.4. The van der Waals surface area contributed by atoms with Crippen LogP contribution in [0.5, 0.6) is 5.75 Å². The van der Waals surface area contributed by atoms with Crippen LogP contribution < -0.4 is 10.1 Å². The van der Waals surface area contributed by atoms with Crippen LogP contribution in [-0.4, -0.2) is 23.0 Å². The fourth-order valence-electron chi connectivity index (χ4n) is 2.94. The largest absolute Gasteiger partial charge is 0.497 e. The van der Waals surface area contributed by atoms with E-state index in [9.17, 15) is 4.79 Å². The molecule has 0 aliphatic heterocycles. The highest BCUT2D eigenvalue weighted by molar-refractivity contribution is 5.97. The van der Waals surface area contributed by atoms with E-state index in [2.05, 4.69) is 15.3 Å². The van der Waals surface area contributed by atoms with Gasteiger partial charge in [0.15, 0.2) is 0 Å². The summed E-state index contributed by atoms with van der Waals surface area (Å²) in [5.74, 6) is 0.732. The van der Waals surface area contributed by atoms with Gasteiger partial charge in [0.1, 0.15) is 5.75 Å². The number of fused-ring (bicyclic) bond motifs is 2. The van der Waals surface area contributed by atoms with Gasteiger partial charge in [-0.25, -0.2) is 0 Å². The minimum atomic E-state index is -0.0476. The molecule has 0 aliphatic rings. The zero-order chi connectivity index (χ0) is 16.5. The molecule has 5 heteroatoms. The predicted octanol–water partition coefficient (Wildman–Crippen LogP) is 3.84. The first-order chi connectivity index (χ1) is 11.7. The number of carbonyl (C=O) groups is 1. The van der Waals surface area contributed by atoms with Crippen molar-refractivity contribution in [3.05, 3.63) is 60.4 Å². The number of aromatic amines is 2. The van der Waals surface area contributed by atoms with Gasteiger partial charge in [0.25, 0.3) is 0 Å². The Morgan fingerprint density at radius 3 is 2.83 bits per heavy atom. The Kier molecular flexibility index (Phi) is 3.46. The molecule has 2 heterocycles. The quantitative estimate of drug-likeness (QED) is 0.535. The van der Waals surface area contributed by atoms with E-state index in [-0.39, 0.29) is 5.91 Å². The summed E-state index contributed by atoms with van der Waals surface area (Å²) < 4.78 is 5.26. The molecule has 0 spiro atoms. The van der Waals surface area contributed by atoms with Crippen molar-refractivity contribution in [3.8, 4) is 5.75 Å². The molecule has 0 saturated heterocycles. The number of aromatic nitrogens is 2. The van der Waals surface area contributed by atoms with Crippen LogP contribution in [0.1, 0.15) is 5.56 Å². The minimum absolute atomic E-state index is 0.0476. The van der Waals surface area contributed by atoms with Gasteiger partial charge < -0.3 is 20.0 Å². The van der Waals surface area contributed by atoms with E-state index in [4.69, 9.17) is 4.74 Å². The Bertz CT molecular complexity index is 1030. The third-order valence-corrected chi connectivity index (χ3v) is 4.16. The fourth-order valence-corrected chi connectivity index (χ4v) is 2.94. The maximum absolute atomic E-state index is 12.4. The van der Waals surface area contributed by atoms with Crippen molar-refractivity contribution in [1.82, 2.24) is 9.97 Å². The Hall–Kier alpha value is -3.21. The van der Waals surface area contributed by atoms with Gasteiger partial charge >= 0.3 is 0 Å². The fraction of sp³-hybridized carbons (Fsp3) is 0.105. The zero-order valence-electron chi connectivity index (χ0n) is 13.2. The number of H-pyrrole nitrogens is 2. The summed E-state index contributed by atoms with van der Waals surface area (Å²) in [6.45, 7) is 0. The van der Waals surface area contributed by atoms with Crippen molar-refractivity contribution in [3.63, 3.8) is 0 Å². The van der Waals surface area contributed by atoms with Crippen LogP contribution in [0.25, 0.3) is 21.8 Å². The first kappa shape index (κ1) is 14.4. The molecule has 24 heavy (non-hydrogen) atoms. The molecule has 0 unspecified atom stereocenters. The van der Waals surface area contributed by atoms with Gasteiger partial charge in [0, 0.05) is 39.9 Å². The van der Waals surface area contributed by atoms with E-state index in [1.807, 2.05) is 54.9 Å². The van der Waals surface area contributed by atoms with Crippen molar-refractivity contribution in [2.45, 2.75) is 6.42 Å². The monoisotopic (exact) mass is 319 g/mol. The topological polar surface area (TPSA) is 69.9 Å². The van der Waals surface area contributed by atoms with E-state index in [1.54, 1.807) is 7.11 Å². The van der Waals surface area contributed by atoms with Gasteiger partial charge in [-0.05, 0) is 48.0 Å². The highest BCUT2D eigenvalue weighted by atomic mass is 16.5. The molecule has 0 fully saturated rings. The van der Waals surface area contributed by atoms with Gasteiger partial charge in [0.05, 0.1) is 13.5 Å². The van der Waals surface area contributed by atoms with Gasteiger partial charge in [0.2, 0.25) is 5.91 Å². The first-order valence-electron chi connectivity index (χ1n) is 7.74. The summed E-state index contributed by atoms with van der Waals surface area (Å²) in [4.78, 5) is 18.7. The van der Waals surface area contributed by atoms with Crippen LogP contribution in [-0.2, 0) is 11.2 Å². The second-order valence-corrected chi connectivity index (χ2v) is 5.73. The van der Waals surface area contributed by atoms with E-state index in [0.29, 0.717) is 6.42 Å². The van der Waals surface area contributed by atoms with Crippen LogP contribution in [0.2, 0.25) is 0 Å². The number of benzene rings is 2. The van der Waals surface area contributed by atoms with Crippen LogP contribution >= 0.6 is 0 Å². The van der Waals surface area contributed by atoms with Crippen molar-refractivity contribution in [2.75, 3.05) is 12.4 Å². The smallest absolute Gasteiger partial charge is 0.228 e.